The molecule has 0 N–H and O–H groups in total. The minimum Gasteiger partial charge on any atom is -0.497 e. The molecule has 0 aliphatic carbocycles. The maximum atomic E-state index is 13.5. The van der Waals surface area contributed by atoms with Gasteiger partial charge in [0.05, 0.1) is 18.2 Å². The first-order valence-electron chi connectivity index (χ1n) is 10.1. The summed E-state index contributed by atoms with van der Waals surface area (Å²) in [5, 5.41) is 5.52. The van der Waals surface area contributed by atoms with Crippen LogP contribution < -0.4 is 4.74 Å². The van der Waals surface area contributed by atoms with Crippen LogP contribution in [0.5, 0.6) is 5.75 Å². The Morgan fingerprint density at radius 2 is 1.79 bits per heavy atom. The van der Waals surface area contributed by atoms with Crippen molar-refractivity contribution in [2.45, 2.75) is 6.54 Å². The summed E-state index contributed by atoms with van der Waals surface area (Å²) in [6.07, 6.45) is 0. The van der Waals surface area contributed by atoms with Crippen molar-refractivity contribution in [3.05, 3.63) is 100.0 Å². The van der Waals surface area contributed by atoms with E-state index in [0.717, 1.165) is 16.6 Å². The largest absolute Gasteiger partial charge is 0.497 e. The predicted molar refractivity (Wildman–Crippen MR) is 127 cm³/mol. The van der Waals surface area contributed by atoms with Gasteiger partial charge in [0.25, 0.3) is 11.7 Å². The Hall–Kier alpha value is -3.61. The Labute approximate surface area is 199 Å². The van der Waals surface area contributed by atoms with Gasteiger partial charge in [-0.1, -0.05) is 70.8 Å². The van der Waals surface area contributed by atoms with Gasteiger partial charge in [0.2, 0.25) is 5.82 Å². The molecule has 5 rings (SSSR count). The van der Waals surface area contributed by atoms with Gasteiger partial charge in [-0.25, -0.2) is 0 Å². The molecule has 0 fully saturated rings. The summed E-state index contributed by atoms with van der Waals surface area (Å²) in [6.45, 7) is 0.450. The molecule has 8 heteroatoms. The smallest absolute Gasteiger partial charge is 0.299 e. The maximum absolute atomic E-state index is 13.5. The molecule has 6 nitrogen and oxygen atoms in total. The molecule has 0 unspecified atom stereocenters. The van der Waals surface area contributed by atoms with Crippen LogP contribution in [0.25, 0.3) is 22.3 Å². The van der Waals surface area contributed by atoms with E-state index >= 15 is 0 Å². The molecular formula is C25H17Cl2N3O3. The van der Waals surface area contributed by atoms with Crippen molar-refractivity contribution in [1.29, 1.82) is 0 Å². The molecule has 3 aromatic carbocycles. The van der Waals surface area contributed by atoms with Crippen molar-refractivity contribution >= 4 is 39.9 Å². The minimum absolute atomic E-state index is 0.135. The molecule has 0 saturated carbocycles. The predicted octanol–water partition coefficient (Wildman–Crippen LogP) is 6.29. The zero-order valence-electron chi connectivity index (χ0n) is 17.5. The molecule has 0 amide bonds. The molecule has 0 radical (unpaired) electrons. The third-order valence-corrected chi connectivity index (χ3v) is 5.99. The summed E-state index contributed by atoms with van der Waals surface area (Å²) in [5.41, 5.74) is 2.79. The van der Waals surface area contributed by atoms with E-state index in [0.29, 0.717) is 28.5 Å². The molecule has 0 atom stereocenters. The van der Waals surface area contributed by atoms with Crippen molar-refractivity contribution in [1.82, 2.24) is 14.7 Å². The first kappa shape index (κ1) is 21.2. The fourth-order valence-electron chi connectivity index (χ4n) is 3.70. The molecule has 33 heavy (non-hydrogen) atoms. The third-order valence-electron chi connectivity index (χ3n) is 5.34. The standard InChI is InChI=1S/C25H17Cl2N3O3/c1-32-18-11-12-20-19(13-18)21(23(27)30(20)14-15-7-9-17(26)10-8-15)22(31)25-28-24(29-33-25)16-5-3-2-4-6-16/h2-13H,14H2,1H3. The SMILES string of the molecule is COc1ccc2c(c1)c(C(=O)c1nc(-c3ccccc3)no1)c(Cl)n2Cc1ccc(Cl)cc1. The molecule has 0 bridgehead atoms. The van der Waals surface area contributed by atoms with Gasteiger partial charge < -0.3 is 13.8 Å². The lowest BCUT2D eigenvalue weighted by Crippen LogP contribution is -2.04. The molecule has 0 aliphatic heterocycles. The highest BCUT2D eigenvalue weighted by Gasteiger charge is 2.27. The molecule has 2 heterocycles. The fourth-order valence-corrected chi connectivity index (χ4v) is 4.16. The number of ketones is 1. The molecule has 0 saturated heterocycles. The van der Waals surface area contributed by atoms with Gasteiger partial charge in [-0.2, -0.15) is 4.98 Å². The lowest BCUT2D eigenvalue weighted by molar-refractivity contribution is 0.0995. The Kier molecular flexibility index (Phi) is 5.62. The summed E-state index contributed by atoms with van der Waals surface area (Å²) >= 11 is 12.8. The number of hydrogen-bond donors (Lipinski definition) is 0. The second-order valence-corrected chi connectivity index (χ2v) is 8.17. The number of halogens is 2. The molecule has 0 spiro atoms. The van der Waals surface area contributed by atoms with Crippen LogP contribution in [0.4, 0.5) is 0 Å². The molecule has 5 aromatic rings. The second-order valence-electron chi connectivity index (χ2n) is 7.38. The number of rotatable bonds is 6. The highest BCUT2D eigenvalue weighted by Crippen LogP contribution is 2.35. The van der Waals surface area contributed by atoms with Gasteiger partial charge in [0.15, 0.2) is 0 Å². The number of hydrogen-bond acceptors (Lipinski definition) is 5. The number of fused-ring (bicyclic) bond motifs is 1. The van der Waals surface area contributed by atoms with Crippen LogP contribution in [-0.4, -0.2) is 27.6 Å². The van der Waals surface area contributed by atoms with E-state index in [2.05, 4.69) is 10.1 Å². The summed E-state index contributed by atoms with van der Waals surface area (Å²) in [7, 11) is 1.57. The van der Waals surface area contributed by atoms with Crippen LogP contribution in [-0.2, 0) is 6.54 Å². The summed E-state index contributed by atoms with van der Waals surface area (Å²) in [5.74, 6) is 0.344. The lowest BCUT2D eigenvalue weighted by Gasteiger charge is -2.08. The van der Waals surface area contributed by atoms with E-state index in [-0.39, 0.29) is 16.6 Å². The summed E-state index contributed by atoms with van der Waals surface area (Å²) < 4.78 is 12.5. The number of nitrogens with zero attached hydrogens (tertiary/aromatic N) is 3. The normalized spacial score (nSPS) is 11.1. The van der Waals surface area contributed by atoms with Crippen LogP contribution in [0.15, 0.2) is 77.3 Å². The van der Waals surface area contributed by atoms with Crippen LogP contribution in [0.3, 0.4) is 0 Å². The first-order chi connectivity index (χ1) is 16.0. The van der Waals surface area contributed by atoms with Crippen molar-refractivity contribution in [3.63, 3.8) is 0 Å². The van der Waals surface area contributed by atoms with E-state index in [1.165, 1.54) is 0 Å². The quantitative estimate of drug-likeness (QED) is 0.269. The van der Waals surface area contributed by atoms with Crippen molar-refractivity contribution in [2.24, 2.45) is 0 Å². The van der Waals surface area contributed by atoms with Crippen LogP contribution >= 0.6 is 23.2 Å². The summed E-state index contributed by atoms with van der Waals surface area (Å²) in [4.78, 5) is 17.8. The van der Waals surface area contributed by atoms with Gasteiger partial charge in [-0.3, -0.25) is 4.79 Å². The zero-order valence-corrected chi connectivity index (χ0v) is 19.0. The highest BCUT2D eigenvalue weighted by molar-refractivity contribution is 6.36. The third kappa shape index (κ3) is 3.99. The molecular weight excluding hydrogens is 461 g/mol. The maximum Gasteiger partial charge on any atom is 0.299 e. The van der Waals surface area contributed by atoms with Gasteiger partial charge in [-0.05, 0) is 35.9 Å². The van der Waals surface area contributed by atoms with E-state index in [1.54, 1.807) is 13.2 Å². The van der Waals surface area contributed by atoms with Crippen molar-refractivity contribution in [2.75, 3.05) is 7.11 Å². The van der Waals surface area contributed by atoms with E-state index in [4.69, 9.17) is 32.5 Å². The minimum atomic E-state index is -0.456. The van der Waals surface area contributed by atoms with Crippen molar-refractivity contribution in [3.8, 4) is 17.1 Å². The topological polar surface area (TPSA) is 70.2 Å². The Balaban J connectivity index is 1.61. The zero-order chi connectivity index (χ0) is 22.9. The lowest BCUT2D eigenvalue weighted by atomic mass is 10.1. The first-order valence-corrected chi connectivity index (χ1v) is 10.8. The second kappa shape index (κ2) is 8.73. The average molecular weight is 478 g/mol. The van der Waals surface area contributed by atoms with Crippen LogP contribution in [0, 0.1) is 0 Å². The summed E-state index contributed by atoms with van der Waals surface area (Å²) in [6, 6.07) is 22.2. The molecule has 2 aromatic heterocycles. The van der Waals surface area contributed by atoms with Crippen LogP contribution in [0.2, 0.25) is 10.2 Å². The van der Waals surface area contributed by atoms with Crippen molar-refractivity contribution < 1.29 is 14.1 Å². The number of aromatic nitrogens is 3. The number of carbonyl (C=O) groups excluding carboxylic acids is 1. The van der Waals surface area contributed by atoms with E-state index < -0.39 is 5.78 Å². The van der Waals surface area contributed by atoms with E-state index in [1.807, 2.05) is 71.3 Å². The monoisotopic (exact) mass is 477 g/mol. The molecule has 0 aliphatic rings. The number of carbonyl (C=O) groups is 1. The van der Waals surface area contributed by atoms with Gasteiger partial charge in [0.1, 0.15) is 10.9 Å². The highest BCUT2D eigenvalue weighted by atomic mass is 35.5. The molecule has 164 valence electrons. The van der Waals surface area contributed by atoms with E-state index in [9.17, 15) is 4.79 Å². The number of ether oxygens (including phenoxy) is 1. The van der Waals surface area contributed by atoms with Gasteiger partial charge in [0, 0.05) is 22.5 Å². The number of benzene rings is 3. The Morgan fingerprint density at radius 1 is 1.03 bits per heavy atom. The Morgan fingerprint density at radius 3 is 2.52 bits per heavy atom. The average Bonchev–Trinajstić information content (AvgIpc) is 3.44. The fraction of sp³-hybridized carbons (Fsp3) is 0.0800. The van der Waals surface area contributed by atoms with Gasteiger partial charge in [-0.15, -0.1) is 0 Å². The Bertz CT molecular complexity index is 1460. The van der Waals surface area contributed by atoms with Gasteiger partial charge >= 0.3 is 0 Å². The van der Waals surface area contributed by atoms with Crippen LogP contribution in [0.1, 0.15) is 21.8 Å². The number of methoxy groups -OCH3 is 1.